The molecule has 52 heavy (non-hydrogen) atoms. The van der Waals surface area contributed by atoms with Gasteiger partial charge in [0.15, 0.2) is 5.69 Å². The van der Waals surface area contributed by atoms with E-state index in [1.165, 1.54) is 10.8 Å². The Labute approximate surface area is 302 Å². The summed E-state index contributed by atoms with van der Waals surface area (Å²) >= 11 is 0. The van der Waals surface area contributed by atoms with Gasteiger partial charge in [0.2, 0.25) is 11.8 Å². The Hall–Kier alpha value is -4.11. The van der Waals surface area contributed by atoms with Crippen molar-refractivity contribution in [2.24, 2.45) is 13.0 Å². The van der Waals surface area contributed by atoms with Gasteiger partial charge >= 0.3 is 11.8 Å². The molecule has 0 bridgehead atoms. The number of ether oxygens (including phenoxy) is 2. The molecule has 3 aromatic rings. The van der Waals surface area contributed by atoms with Crippen LogP contribution < -0.4 is 16.3 Å². The summed E-state index contributed by atoms with van der Waals surface area (Å²) in [7, 11) is 1.70. The third-order valence-electron chi connectivity index (χ3n) is 10.5. The first kappa shape index (κ1) is 37.6. The number of aryl methyl sites for hydroxylation is 2. The van der Waals surface area contributed by atoms with Crippen LogP contribution in [0.1, 0.15) is 108 Å². The highest BCUT2D eigenvalue weighted by Gasteiger charge is 2.32. The van der Waals surface area contributed by atoms with E-state index in [0.717, 1.165) is 82.1 Å². The van der Waals surface area contributed by atoms with Crippen molar-refractivity contribution in [1.29, 1.82) is 0 Å². The number of nitrogens with one attached hydrogen (secondary N) is 2. The van der Waals surface area contributed by atoms with Crippen molar-refractivity contribution in [1.82, 2.24) is 29.1 Å². The number of hydrogen-bond acceptors (Lipinski definition) is 8. The first-order chi connectivity index (χ1) is 24.8. The maximum Gasteiger partial charge on any atom is 0.412 e. The molecule has 2 aliphatic heterocycles. The second kappa shape index (κ2) is 15.9. The number of carbonyl (C=O) groups is 3. The molecular formula is C37H51F2N7O6. The molecule has 284 valence electrons. The quantitative estimate of drug-likeness (QED) is 0.191. The van der Waals surface area contributed by atoms with Crippen LogP contribution in [0.5, 0.6) is 0 Å². The Morgan fingerprint density at radius 1 is 1.04 bits per heavy atom. The summed E-state index contributed by atoms with van der Waals surface area (Å²) in [6, 6.07) is 5.20. The largest absolute Gasteiger partial charge is 0.444 e. The average molecular weight is 728 g/mol. The van der Waals surface area contributed by atoms with Gasteiger partial charge in [-0.25, -0.2) is 18.4 Å². The van der Waals surface area contributed by atoms with Crippen LogP contribution in [0, 0.1) is 5.92 Å². The van der Waals surface area contributed by atoms with Crippen LogP contribution in [-0.2, 0) is 32.5 Å². The van der Waals surface area contributed by atoms with Gasteiger partial charge in [-0.3, -0.25) is 34.0 Å². The predicted octanol–water partition coefficient (Wildman–Crippen LogP) is 5.64. The fourth-order valence-electron chi connectivity index (χ4n) is 7.80. The lowest BCUT2D eigenvalue weighted by molar-refractivity contribution is -0.135. The summed E-state index contributed by atoms with van der Waals surface area (Å²) in [5.74, 6) is -0.209. The topological polar surface area (TPSA) is 142 Å². The van der Waals surface area contributed by atoms with Gasteiger partial charge < -0.3 is 14.4 Å². The average Bonchev–Trinajstić information content (AvgIpc) is 3.61. The van der Waals surface area contributed by atoms with Gasteiger partial charge in [0.05, 0.1) is 28.9 Å². The number of aromatic nitrogens is 4. The molecular weight excluding hydrogens is 676 g/mol. The first-order valence-electron chi connectivity index (χ1n) is 18.5. The smallest absolute Gasteiger partial charge is 0.412 e. The molecule has 4 heterocycles. The molecule has 1 unspecified atom stereocenters. The summed E-state index contributed by atoms with van der Waals surface area (Å²) in [4.78, 5) is 51.9. The Balaban J connectivity index is 0.909. The molecule has 13 nitrogen and oxygen atoms in total. The maximum atomic E-state index is 13.7. The van der Waals surface area contributed by atoms with Gasteiger partial charge in [0.1, 0.15) is 11.6 Å². The highest BCUT2D eigenvalue weighted by atomic mass is 19.3. The van der Waals surface area contributed by atoms with E-state index >= 15 is 0 Å². The van der Waals surface area contributed by atoms with Crippen molar-refractivity contribution in [2.45, 2.75) is 115 Å². The minimum Gasteiger partial charge on any atom is -0.444 e. The number of nitrogens with zero attached hydrogens (tertiary/aromatic N) is 5. The number of imidazole rings is 1. The van der Waals surface area contributed by atoms with Crippen molar-refractivity contribution in [3.8, 4) is 0 Å². The number of likely N-dealkylation sites (tertiary alicyclic amines) is 1. The van der Waals surface area contributed by atoms with Crippen LogP contribution in [0.4, 0.5) is 19.3 Å². The van der Waals surface area contributed by atoms with E-state index < -0.39 is 35.8 Å². The predicted molar refractivity (Wildman–Crippen MR) is 190 cm³/mol. The van der Waals surface area contributed by atoms with Crippen LogP contribution >= 0.6 is 0 Å². The van der Waals surface area contributed by atoms with Crippen LogP contribution in [0.25, 0.3) is 11.0 Å². The van der Waals surface area contributed by atoms with E-state index in [2.05, 4.69) is 20.6 Å². The molecule has 15 heteroatoms. The fraction of sp³-hybridized carbons (Fsp3) is 0.649. The number of piperidine rings is 2. The number of carbonyl (C=O) groups excluding carboxylic acids is 3. The van der Waals surface area contributed by atoms with E-state index in [9.17, 15) is 28.0 Å². The van der Waals surface area contributed by atoms with Crippen molar-refractivity contribution in [3.63, 3.8) is 0 Å². The molecule has 0 spiro atoms. The Kier molecular flexibility index (Phi) is 11.5. The highest BCUT2D eigenvalue weighted by Crippen LogP contribution is 2.36. The molecule has 1 aromatic carbocycles. The van der Waals surface area contributed by atoms with Gasteiger partial charge in [-0.05, 0) is 102 Å². The Bertz CT molecular complexity index is 1810. The van der Waals surface area contributed by atoms with Crippen molar-refractivity contribution in [3.05, 3.63) is 46.1 Å². The van der Waals surface area contributed by atoms with Gasteiger partial charge in [-0.15, -0.1) is 0 Å². The first-order valence-corrected chi connectivity index (χ1v) is 18.5. The zero-order valence-corrected chi connectivity index (χ0v) is 30.5. The van der Waals surface area contributed by atoms with Crippen LogP contribution in [0.3, 0.4) is 0 Å². The Morgan fingerprint density at radius 2 is 1.77 bits per heavy atom. The number of hydrogen-bond donors (Lipinski definition) is 2. The maximum absolute atomic E-state index is 13.7. The van der Waals surface area contributed by atoms with Crippen molar-refractivity contribution in [2.75, 3.05) is 31.6 Å². The summed E-state index contributed by atoms with van der Waals surface area (Å²) in [5.41, 5.74) is 1.08. The monoisotopic (exact) mass is 727 g/mol. The molecule has 1 aliphatic carbocycles. The van der Waals surface area contributed by atoms with Crippen molar-refractivity contribution >= 4 is 34.6 Å². The van der Waals surface area contributed by atoms with Gasteiger partial charge in [0, 0.05) is 45.9 Å². The zero-order chi connectivity index (χ0) is 37.2. The minimum atomic E-state index is -2.81. The normalized spacial score (nSPS) is 22.2. The second-order valence-corrected chi connectivity index (χ2v) is 15.5. The molecule has 6 rings (SSSR count). The summed E-state index contributed by atoms with van der Waals surface area (Å²) < 4.78 is 43.6. The number of halogens is 2. The number of alkyl halides is 2. The number of rotatable bonds is 11. The standard InChI is InChI=1S/C37H51F2N7O6/c1-37(2,3)52-35(49)40-27-22-45(42-32(27)33(38)39)25-10-7-24(8-11-25)21-44-17-15-26(16-18-44)51-19-5-6-23-9-12-28-30(20-23)43(4)36(50)46(28)29-13-14-31(47)41-34(29)48/h9,12,20,22,24-26,29,33H,5-8,10-11,13-19,21H2,1-4H3,(H,40,49)(H,41,47,48)/t24-,25-,29?. The summed E-state index contributed by atoms with van der Waals surface area (Å²) in [5, 5.41) is 8.95. The lowest BCUT2D eigenvalue weighted by atomic mass is 9.85. The highest BCUT2D eigenvalue weighted by molar-refractivity contribution is 6.00. The molecule has 2 saturated heterocycles. The van der Waals surface area contributed by atoms with Crippen LogP contribution in [0.2, 0.25) is 0 Å². The van der Waals surface area contributed by atoms with E-state index in [1.807, 2.05) is 18.2 Å². The second-order valence-electron chi connectivity index (χ2n) is 15.5. The number of fused-ring (bicyclic) bond motifs is 1. The molecule has 3 fully saturated rings. The van der Waals surface area contributed by atoms with E-state index in [1.54, 1.807) is 37.1 Å². The Morgan fingerprint density at radius 3 is 2.44 bits per heavy atom. The van der Waals surface area contributed by atoms with Gasteiger partial charge in [0.25, 0.3) is 6.43 Å². The summed E-state index contributed by atoms with van der Waals surface area (Å²) in [6.45, 7) is 8.78. The number of benzene rings is 1. The molecule has 3 aliphatic rings. The molecule has 2 aromatic heterocycles. The van der Waals surface area contributed by atoms with E-state index in [-0.39, 0.29) is 35.9 Å². The molecule has 1 saturated carbocycles. The number of amides is 3. The number of imide groups is 1. The van der Waals surface area contributed by atoms with Gasteiger partial charge in [-0.2, -0.15) is 5.10 Å². The van der Waals surface area contributed by atoms with E-state index in [0.29, 0.717) is 24.5 Å². The van der Waals surface area contributed by atoms with Gasteiger partial charge in [-0.1, -0.05) is 6.07 Å². The van der Waals surface area contributed by atoms with Crippen LogP contribution in [0.15, 0.2) is 29.2 Å². The molecule has 0 radical (unpaired) electrons. The minimum absolute atomic E-state index is 0.00898. The third kappa shape index (κ3) is 8.91. The zero-order valence-electron chi connectivity index (χ0n) is 30.5. The third-order valence-corrected chi connectivity index (χ3v) is 10.5. The fourth-order valence-corrected chi connectivity index (χ4v) is 7.80. The molecule has 2 N–H and O–H groups in total. The molecule has 3 amide bonds. The number of anilines is 1. The van der Waals surface area contributed by atoms with Crippen molar-refractivity contribution < 1.29 is 32.6 Å². The lowest BCUT2D eigenvalue weighted by Gasteiger charge is -2.36. The summed E-state index contributed by atoms with van der Waals surface area (Å²) in [6.07, 6.45) is 5.94. The lowest BCUT2D eigenvalue weighted by Crippen LogP contribution is -2.44. The van der Waals surface area contributed by atoms with E-state index in [4.69, 9.17) is 9.47 Å². The SMILES string of the molecule is Cn1c(=O)n(C2CCC(=O)NC2=O)c2ccc(CCCOC3CCN(C[C@H]4CC[C@H](n5cc(NC(=O)OC(C)(C)C)c(C(F)F)n5)CC4)CC3)cc21. The molecule has 1 atom stereocenters. The van der Waals surface area contributed by atoms with Crippen LogP contribution in [-0.4, -0.2) is 79.7 Å².